The summed E-state index contributed by atoms with van der Waals surface area (Å²) in [5.74, 6) is 0.145. The zero-order valence-corrected chi connectivity index (χ0v) is 8.39. The largest absolute Gasteiger partial charge is 0.377 e. The molecule has 0 aromatic heterocycles. The Labute approximate surface area is 74.5 Å². The molecule has 0 aromatic carbocycles. The first-order chi connectivity index (χ1) is 5.54. The molecule has 0 rings (SSSR count). The third-order valence-electron chi connectivity index (χ3n) is 1.38. The highest BCUT2D eigenvalue weighted by atomic mass is 16.5. The van der Waals surface area contributed by atoms with Gasteiger partial charge in [0.2, 0.25) is 5.91 Å². The molecule has 12 heavy (non-hydrogen) atoms. The predicted octanol–water partition coefficient (Wildman–Crippen LogP) is 1.18. The highest BCUT2D eigenvalue weighted by Crippen LogP contribution is 1.90. The van der Waals surface area contributed by atoms with E-state index in [1.807, 2.05) is 27.7 Å². The number of ether oxygens (including phenoxy) is 1. The molecule has 1 N–H and O–H groups in total. The smallest absolute Gasteiger partial charge is 0.222 e. The van der Waals surface area contributed by atoms with Gasteiger partial charge >= 0.3 is 0 Å². The molecule has 0 bridgehead atoms. The topological polar surface area (TPSA) is 38.3 Å². The summed E-state index contributed by atoms with van der Waals surface area (Å²) in [5.41, 5.74) is 0. The van der Waals surface area contributed by atoms with Crippen LogP contribution in [0.4, 0.5) is 0 Å². The zero-order valence-electron chi connectivity index (χ0n) is 8.39. The molecule has 0 fully saturated rings. The van der Waals surface area contributed by atoms with Gasteiger partial charge in [-0.15, -0.1) is 0 Å². The fourth-order valence-corrected chi connectivity index (χ4v) is 0.673. The van der Waals surface area contributed by atoms with Gasteiger partial charge in [0, 0.05) is 12.5 Å². The van der Waals surface area contributed by atoms with E-state index in [1.54, 1.807) is 0 Å². The third-order valence-corrected chi connectivity index (χ3v) is 1.38. The molecule has 1 amide bonds. The number of hydrogen-bond donors (Lipinski definition) is 1. The van der Waals surface area contributed by atoms with Crippen LogP contribution in [0.15, 0.2) is 0 Å². The summed E-state index contributed by atoms with van der Waals surface area (Å²) in [6.45, 7) is 8.90. The fourth-order valence-electron chi connectivity index (χ4n) is 0.673. The van der Waals surface area contributed by atoms with E-state index < -0.39 is 0 Å². The maximum Gasteiger partial charge on any atom is 0.222 e. The van der Waals surface area contributed by atoms with Gasteiger partial charge in [0.1, 0.15) is 0 Å². The lowest BCUT2D eigenvalue weighted by Crippen LogP contribution is -2.31. The summed E-state index contributed by atoms with van der Waals surface area (Å²) >= 11 is 0. The Morgan fingerprint density at radius 3 is 2.33 bits per heavy atom. The van der Waals surface area contributed by atoms with Gasteiger partial charge in [-0.3, -0.25) is 4.79 Å². The van der Waals surface area contributed by atoms with Crippen molar-refractivity contribution in [2.75, 3.05) is 13.2 Å². The fraction of sp³-hybridized carbons (Fsp3) is 0.889. The number of amides is 1. The van der Waals surface area contributed by atoms with Crippen molar-refractivity contribution in [1.29, 1.82) is 0 Å². The van der Waals surface area contributed by atoms with Crippen molar-refractivity contribution < 1.29 is 9.53 Å². The molecule has 72 valence electrons. The van der Waals surface area contributed by atoms with Crippen LogP contribution in [0.3, 0.4) is 0 Å². The van der Waals surface area contributed by atoms with Crippen LogP contribution < -0.4 is 5.32 Å². The Hall–Kier alpha value is -0.570. The molecule has 3 heteroatoms. The van der Waals surface area contributed by atoms with Gasteiger partial charge in [0.05, 0.1) is 12.7 Å². The molecule has 3 nitrogen and oxygen atoms in total. The monoisotopic (exact) mass is 173 g/mol. The van der Waals surface area contributed by atoms with Gasteiger partial charge in [-0.25, -0.2) is 0 Å². The van der Waals surface area contributed by atoms with Crippen LogP contribution in [0, 0.1) is 5.92 Å². The summed E-state index contributed by atoms with van der Waals surface area (Å²) in [6, 6.07) is 0. The molecule has 0 aliphatic heterocycles. The van der Waals surface area contributed by atoms with Crippen molar-refractivity contribution in [3.05, 3.63) is 0 Å². The molecule has 0 heterocycles. The van der Waals surface area contributed by atoms with Gasteiger partial charge in [-0.1, -0.05) is 13.8 Å². The lowest BCUT2D eigenvalue weighted by molar-refractivity contribution is -0.124. The minimum absolute atomic E-state index is 0.0593. The Bertz CT molecular complexity index is 132. The second-order valence-corrected chi connectivity index (χ2v) is 3.37. The Morgan fingerprint density at radius 2 is 1.92 bits per heavy atom. The van der Waals surface area contributed by atoms with E-state index in [2.05, 4.69) is 5.32 Å². The Balaban J connectivity index is 3.26. The first-order valence-corrected chi connectivity index (χ1v) is 4.43. The Kier molecular flexibility index (Phi) is 5.72. The first kappa shape index (κ1) is 11.4. The molecular weight excluding hydrogens is 154 g/mol. The van der Waals surface area contributed by atoms with Crippen molar-refractivity contribution in [3.63, 3.8) is 0 Å². The van der Waals surface area contributed by atoms with Gasteiger partial charge in [0.25, 0.3) is 0 Å². The molecule has 0 radical (unpaired) electrons. The van der Waals surface area contributed by atoms with Crippen LogP contribution in [0.25, 0.3) is 0 Å². The first-order valence-electron chi connectivity index (χ1n) is 4.43. The van der Waals surface area contributed by atoms with Crippen molar-refractivity contribution in [1.82, 2.24) is 5.32 Å². The van der Waals surface area contributed by atoms with Crippen LogP contribution in [-0.4, -0.2) is 25.2 Å². The van der Waals surface area contributed by atoms with Gasteiger partial charge in [-0.2, -0.15) is 0 Å². The van der Waals surface area contributed by atoms with Gasteiger partial charge < -0.3 is 10.1 Å². The molecule has 0 saturated carbocycles. The number of carbonyl (C=O) groups excluding carboxylic acids is 1. The molecule has 0 saturated heterocycles. The standard InChI is InChI=1S/C9H19NO2/c1-7(2)9(11)10-5-6-12-8(3)4/h7-8H,5-6H2,1-4H3,(H,10,11). The van der Waals surface area contributed by atoms with E-state index in [4.69, 9.17) is 4.74 Å². The van der Waals surface area contributed by atoms with E-state index in [1.165, 1.54) is 0 Å². The van der Waals surface area contributed by atoms with Crippen molar-refractivity contribution >= 4 is 5.91 Å². The maximum absolute atomic E-state index is 11.0. The third kappa shape index (κ3) is 6.16. The molecule has 0 aliphatic carbocycles. The highest BCUT2D eigenvalue weighted by Gasteiger charge is 2.04. The van der Waals surface area contributed by atoms with Crippen molar-refractivity contribution in [3.8, 4) is 0 Å². The number of hydrogen-bond acceptors (Lipinski definition) is 2. The van der Waals surface area contributed by atoms with Gasteiger partial charge in [-0.05, 0) is 13.8 Å². The van der Waals surface area contributed by atoms with E-state index in [0.29, 0.717) is 13.2 Å². The molecule has 0 spiro atoms. The van der Waals surface area contributed by atoms with Gasteiger partial charge in [0.15, 0.2) is 0 Å². The van der Waals surface area contributed by atoms with Crippen LogP contribution in [0.1, 0.15) is 27.7 Å². The minimum Gasteiger partial charge on any atom is -0.377 e. The molecule has 0 aromatic rings. The number of nitrogens with one attached hydrogen (secondary N) is 1. The molecule has 0 aliphatic rings. The average molecular weight is 173 g/mol. The van der Waals surface area contributed by atoms with E-state index in [9.17, 15) is 4.79 Å². The van der Waals surface area contributed by atoms with E-state index >= 15 is 0 Å². The molecular formula is C9H19NO2. The normalized spacial score (nSPS) is 10.8. The van der Waals surface area contributed by atoms with Crippen molar-refractivity contribution in [2.24, 2.45) is 5.92 Å². The molecule has 0 atom stereocenters. The van der Waals surface area contributed by atoms with Crippen LogP contribution in [0.5, 0.6) is 0 Å². The van der Waals surface area contributed by atoms with E-state index in [0.717, 1.165) is 0 Å². The Morgan fingerprint density at radius 1 is 1.33 bits per heavy atom. The summed E-state index contributed by atoms with van der Waals surface area (Å²) in [7, 11) is 0. The van der Waals surface area contributed by atoms with E-state index in [-0.39, 0.29) is 17.9 Å². The lowest BCUT2D eigenvalue weighted by Gasteiger charge is -2.09. The summed E-state index contributed by atoms with van der Waals surface area (Å²) in [4.78, 5) is 11.0. The zero-order chi connectivity index (χ0) is 9.56. The number of rotatable bonds is 5. The summed E-state index contributed by atoms with van der Waals surface area (Å²) < 4.78 is 5.26. The van der Waals surface area contributed by atoms with Crippen LogP contribution in [-0.2, 0) is 9.53 Å². The maximum atomic E-state index is 11.0. The van der Waals surface area contributed by atoms with Crippen LogP contribution in [0.2, 0.25) is 0 Å². The number of carbonyl (C=O) groups is 1. The predicted molar refractivity (Wildman–Crippen MR) is 48.9 cm³/mol. The SMILES string of the molecule is CC(C)OCCNC(=O)C(C)C. The highest BCUT2D eigenvalue weighted by molar-refractivity contribution is 5.77. The summed E-state index contributed by atoms with van der Waals surface area (Å²) in [6.07, 6.45) is 0.237. The second kappa shape index (κ2) is 6.00. The average Bonchev–Trinajstić information content (AvgIpc) is 1.97. The second-order valence-electron chi connectivity index (χ2n) is 3.37. The lowest BCUT2D eigenvalue weighted by atomic mass is 10.2. The summed E-state index contributed by atoms with van der Waals surface area (Å²) in [5, 5.41) is 2.77. The van der Waals surface area contributed by atoms with Crippen LogP contribution >= 0.6 is 0 Å². The van der Waals surface area contributed by atoms with Crippen molar-refractivity contribution in [2.45, 2.75) is 33.8 Å². The minimum atomic E-state index is 0.0593. The molecule has 0 unspecified atom stereocenters. The quantitative estimate of drug-likeness (QED) is 0.634.